The summed E-state index contributed by atoms with van der Waals surface area (Å²) in [5.74, 6) is 0.101. The maximum atomic E-state index is 14.9. The fraction of sp³-hybridized carbons (Fsp3) is 0.500. The molecule has 3 N–H and O–H groups in total. The van der Waals surface area contributed by atoms with E-state index >= 15 is 0 Å². The zero-order chi connectivity index (χ0) is 23.7. The van der Waals surface area contributed by atoms with Crippen molar-refractivity contribution in [1.82, 2.24) is 20.3 Å². The Morgan fingerprint density at radius 2 is 2.03 bits per heavy atom. The number of nitrogens with one attached hydrogen (secondary N) is 2. The Morgan fingerprint density at radius 3 is 2.76 bits per heavy atom. The lowest BCUT2D eigenvalue weighted by Crippen LogP contribution is -2.42. The fourth-order valence-corrected chi connectivity index (χ4v) is 4.79. The van der Waals surface area contributed by atoms with Crippen LogP contribution in [0.25, 0.3) is 22.2 Å². The SMILES string of the molecule is CC(C)c1c(CNC2CCC2)cnc2ccc(-c3nc(N[C@@H]4CCOC[C@H]4O)ncc3F)cc12. The molecule has 0 radical (unpaired) electrons. The second-order valence-electron chi connectivity index (χ2n) is 9.66. The number of fused-ring (bicyclic) bond motifs is 1. The summed E-state index contributed by atoms with van der Waals surface area (Å²) in [7, 11) is 0. The van der Waals surface area contributed by atoms with E-state index < -0.39 is 11.9 Å². The number of rotatable bonds is 7. The lowest BCUT2D eigenvalue weighted by Gasteiger charge is -2.28. The van der Waals surface area contributed by atoms with Crippen molar-refractivity contribution in [1.29, 1.82) is 0 Å². The van der Waals surface area contributed by atoms with E-state index in [-0.39, 0.29) is 18.3 Å². The lowest BCUT2D eigenvalue weighted by molar-refractivity contribution is -0.0136. The summed E-state index contributed by atoms with van der Waals surface area (Å²) in [6, 6.07) is 6.13. The third-order valence-corrected chi connectivity index (χ3v) is 6.91. The molecule has 1 aromatic carbocycles. The molecule has 2 aromatic heterocycles. The van der Waals surface area contributed by atoms with E-state index in [9.17, 15) is 9.50 Å². The molecule has 180 valence electrons. The van der Waals surface area contributed by atoms with Crippen molar-refractivity contribution >= 4 is 16.9 Å². The Labute approximate surface area is 199 Å². The van der Waals surface area contributed by atoms with Crippen LogP contribution >= 0.6 is 0 Å². The van der Waals surface area contributed by atoms with Gasteiger partial charge in [-0.3, -0.25) is 4.98 Å². The molecule has 3 aromatic rings. The molecule has 7 nitrogen and oxygen atoms in total. The van der Waals surface area contributed by atoms with E-state index in [0.29, 0.717) is 36.5 Å². The Balaban J connectivity index is 1.48. The van der Waals surface area contributed by atoms with Crippen LogP contribution in [0.2, 0.25) is 0 Å². The van der Waals surface area contributed by atoms with Crippen LogP contribution in [0.3, 0.4) is 0 Å². The van der Waals surface area contributed by atoms with E-state index in [2.05, 4.69) is 39.4 Å². The van der Waals surface area contributed by atoms with Gasteiger partial charge in [0.1, 0.15) is 5.69 Å². The molecule has 3 heterocycles. The molecule has 0 amide bonds. The van der Waals surface area contributed by atoms with Gasteiger partial charge in [-0.2, -0.15) is 0 Å². The first-order valence-corrected chi connectivity index (χ1v) is 12.2. The first kappa shape index (κ1) is 23.1. The standard InChI is InChI=1S/C26H32FN5O2/c1-15(2)24-17(11-28-18-4-3-5-18)12-29-21-7-6-16(10-19(21)24)25-20(27)13-30-26(32-25)31-22-8-9-34-14-23(22)33/h6-7,10,12-13,15,18,22-23,28,33H,3-5,8-9,11,14H2,1-2H3,(H,30,31,32)/t22-,23-/m1/s1. The van der Waals surface area contributed by atoms with E-state index in [0.717, 1.165) is 17.4 Å². The number of aliphatic hydroxyl groups is 1. The molecule has 1 aliphatic heterocycles. The molecular formula is C26H32FN5O2. The maximum Gasteiger partial charge on any atom is 0.223 e. The van der Waals surface area contributed by atoms with Gasteiger partial charge < -0.3 is 20.5 Å². The molecule has 8 heteroatoms. The molecular weight excluding hydrogens is 433 g/mol. The van der Waals surface area contributed by atoms with Crippen LogP contribution in [0.4, 0.5) is 10.3 Å². The molecule has 0 bridgehead atoms. The van der Waals surface area contributed by atoms with Crippen LogP contribution in [0.1, 0.15) is 56.6 Å². The highest BCUT2D eigenvalue weighted by Gasteiger charge is 2.25. The molecule has 0 unspecified atom stereocenters. The van der Waals surface area contributed by atoms with Crippen LogP contribution in [0, 0.1) is 5.82 Å². The minimum Gasteiger partial charge on any atom is -0.389 e. The van der Waals surface area contributed by atoms with Crippen molar-refractivity contribution in [2.75, 3.05) is 18.5 Å². The minimum absolute atomic E-state index is 0.230. The van der Waals surface area contributed by atoms with Gasteiger partial charge in [0.25, 0.3) is 0 Å². The van der Waals surface area contributed by atoms with Gasteiger partial charge in [-0.25, -0.2) is 14.4 Å². The van der Waals surface area contributed by atoms with Crippen molar-refractivity contribution in [3.63, 3.8) is 0 Å². The number of aliphatic hydroxyl groups excluding tert-OH is 1. The first-order chi connectivity index (χ1) is 16.5. The fourth-order valence-electron chi connectivity index (χ4n) is 4.79. The first-order valence-electron chi connectivity index (χ1n) is 12.2. The topological polar surface area (TPSA) is 92.2 Å². The third kappa shape index (κ3) is 4.76. The predicted molar refractivity (Wildman–Crippen MR) is 130 cm³/mol. The zero-order valence-corrected chi connectivity index (χ0v) is 19.7. The number of hydrogen-bond acceptors (Lipinski definition) is 7. The number of pyridine rings is 1. The lowest BCUT2D eigenvalue weighted by atomic mass is 9.90. The number of anilines is 1. The van der Waals surface area contributed by atoms with Crippen LogP contribution in [-0.2, 0) is 11.3 Å². The number of aromatic nitrogens is 3. The number of hydrogen-bond donors (Lipinski definition) is 3. The van der Waals surface area contributed by atoms with Gasteiger partial charge in [-0.15, -0.1) is 0 Å². The van der Waals surface area contributed by atoms with Crippen LogP contribution < -0.4 is 10.6 Å². The summed E-state index contributed by atoms with van der Waals surface area (Å²) in [4.78, 5) is 13.3. The molecule has 0 spiro atoms. The van der Waals surface area contributed by atoms with Crippen molar-refractivity contribution in [2.45, 2.75) is 70.2 Å². The molecule has 1 saturated carbocycles. The summed E-state index contributed by atoms with van der Waals surface area (Å²) < 4.78 is 20.1. The predicted octanol–water partition coefficient (Wildman–Crippen LogP) is 4.16. The number of benzene rings is 1. The van der Waals surface area contributed by atoms with Crippen molar-refractivity contribution in [3.05, 3.63) is 47.5 Å². The molecule has 2 fully saturated rings. The van der Waals surface area contributed by atoms with Crippen LogP contribution in [-0.4, -0.2) is 51.5 Å². The summed E-state index contributed by atoms with van der Waals surface area (Å²) >= 11 is 0. The smallest absolute Gasteiger partial charge is 0.223 e. The minimum atomic E-state index is -0.654. The van der Waals surface area contributed by atoms with Gasteiger partial charge in [-0.05, 0) is 48.4 Å². The highest BCUT2D eigenvalue weighted by atomic mass is 19.1. The van der Waals surface area contributed by atoms with Crippen molar-refractivity contribution in [3.8, 4) is 11.3 Å². The van der Waals surface area contributed by atoms with Crippen LogP contribution in [0.15, 0.2) is 30.6 Å². The summed E-state index contributed by atoms with van der Waals surface area (Å²) in [5, 5.41) is 18.0. The van der Waals surface area contributed by atoms with Gasteiger partial charge in [0.05, 0.1) is 30.5 Å². The molecule has 1 saturated heterocycles. The Kier molecular flexibility index (Phi) is 6.72. The quantitative estimate of drug-likeness (QED) is 0.483. The number of nitrogens with zero attached hydrogens (tertiary/aromatic N) is 3. The molecule has 1 aliphatic carbocycles. The monoisotopic (exact) mass is 465 g/mol. The molecule has 34 heavy (non-hydrogen) atoms. The average molecular weight is 466 g/mol. The largest absolute Gasteiger partial charge is 0.389 e. The van der Waals surface area contributed by atoms with Gasteiger partial charge in [0.2, 0.25) is 5.95 Å². The average Bonchev–Trinajstić information content (AvgIpc) is 2.80. The van der Waals surface area contributed by atoms with Crippen LogP contribution in [0.5, 0.6) is 0 Å². The second-order valence-corrected chi connectivity index (χ2v) is 9.66. The Hall–Kier alpha value is -2.68. The summed E-state index contributed by atoms with van der Waals surface area (Å²) in [6.07, 6.45) is 6.89. The van der Waals surface area contributed by atoms with E-state index in [4.69, 9.17) is 4.74 Å². The van der Waals surface area contributed by atoms with Gasteiger partial charge in [0.15, 0.2) is 5.82 Å². The maximum absolute atomic E-state index is 14.9. The van der Waals surface area contributed by atoms with Crippen molar-refractivity contribution in [2.24, 2.45) is 0 Å². The highest BCUT2D eigenvalue weighted by Crippen LogP contribution is 2.32. The van der Waals surface area contributed by atoms with E-state index in [1.54, 1.807) is 0 Å². The normalized spacial score (nSPS) is 21.1. The highest BCUT2D eigenvalue weighted by molar-refractivity contribution is 5.88. The van der Waals surface area contributed by atoms with E-state index in [1.807, 2.05) is 24.4 Å². The second kappa shape index (κ2) is 9.90. The van der Waals surface area contributed by atoms with Gasteiger partial charge in [-0.1, -0.05) is 26.3 Å². The number of ether oxygens (including phenoxy) is 1. The molecule has 2 atom stereocenters. The molecule has 5 rings (SSSR count). The van der Waals surface area contributed by atoms with Gasteiger partial charge >= 0.3 is 0 Å². The van der Waals surface area contributed by atoms with E-state index in [1.165, 1.54) is 36.6 Å². The third-order valence-electron chi connectivity index (χ3n) is 6.91. The summed E-state index contributed by atoms with van der Waals surface area (Å²) in [6.45, 7) is 5.96. The Morgan fingerprint density at radius 1 is 1.18 bits per heavy atom. The number of halogens is 1. The van der Waals surface area contributed by atoms with Gasteiger partial charge in [0, 0.05) is 36.3 Å². The van der Waals surface area contributed by atoms with Crippen molar-refractivity contribution < 1.29 is 14.2 Å². The zero-order valence-electron chi connectivity index (χ0n) is 19.7. The molecule has 2 aliphatic rings. The summed E-state index contributed by atoms with van der Waals surface area (Å²) in [5.41, 5.74) is 4.21. The Bertz CT molecular complexity index is 1170.